The number of aromatic nitrogens is 2. The second-order valence-corrected chi connectivity index (χ2v) is 7.12. The van der Waals surface area contributed by atoms with Crippen LogP contribution in [-0.4, -0.2) is 33.8 Å². The first-order valence-corrected chi connectivity index (χ1v) is 9.89. The maximum Gasteiger partial charge on any atom is 0.321 e. The summed E-state index contributed by atoms with van der Waals surface area (Å²) < 4.78 is 1.51. The zero-order valence-electron chi connectivity index (χ0n) is 15.8. The minimum atomic E-state index is -0.599. The molecule has 3 aromatic rings. The Labute approximate surface area is 171 Å². The van der Waals surface area contributed by atoms with E-state index in [9.17, 15) is 14.4 Å². The second kappa shape index (κ2) is 9.20. The van der Waals surface area contributed by atoms with Crippen LogP contribution in [0.5, 0.6) is 0 Å². The van der Waals surface area contributed by atoms with Crippen molar-refractivity contribution in [3.05, 3.63) is 77.1 Å². The van der Waals surface area contributed by atoms with Crippen LogP contribution in [-0.2, 0) is 4.79 Å². The van der Waals surface area contributed by atoms with E-state index in [1.165, 1.54) is 10.6 Å². The first kappa shape index (κ1) is 20.3. The number of thioether (sulfide) groups is 1. The van der Waals surface area contributed by atoms with Gasteiger partial charge in [-0.05, 0) is 30.7 Å². The molecule has 0 bridgehead atoms. The summed E-state index contributed by atoms with van der Waals surface area (Å²) in [6.07, 6.45) is 1.51. The van der Waals surface area contributed by atoms with Gasteiger partial charge in [-0.1, -0.05) is 48.2 Å². The summed E-state index contributed by atoms with van der Waals surface area (Å²) in [5.74, 6) is -0.562. The van der Waals surface area contributed by atoms with Gasteiger partial charge in [0.2, 0.25) is 5.91 Å². The molecule has 0 aliphatic rings. The van der Waals surface area contributed by atoms with Crippen molar-refractivity contribution in [1.82, 2.24) is 20.2 Å². The molecule has 1 heterocycles. The molecule has 3 amide bonds. The Bertz CT molecular complexity index is 1140. The minimum Gasteiger partial charge on any atom is -0.334 e. The molecule has 29 heavy (non-hydrogen) atoms. The number of imide groups is 1. The molecule has 0 unspecified atom stereocenters. The van der Waals surface area contributed by atoms with Gasteiger partial charge < -0.3 is 5.32 Å². The average Bonchev–Trinajstić information content (AvgIpc) is 2.72. The molecule has 2 N–H and O–H groups in total. The number of amides is 3. The molecule has 3 rings (SSSR count). The predicted octanol–water partition coefficient (Wildman–Crippen LogP) is 2.80. The molecule has 0 saturated heterocycles. The Morgan fingerprint density at radius 1 is 1.17 bits per heavy atom. The summed E-state index contributed by atoms with van der Waals surface area (Å²) in [7, 11) is 0. The van der Waals surface area contributed by atoms with Gasteiger partial charge in [0.05, 0.1) is 22.3 Å². The first-order valence-electron chi connectivity index (χ1n) is 8.90. The molecule has 8 heteroatoms. The van der Waals surface area contributed by atoms with E-state index in [2.05, 4.69) is 22.2 Å². The Kier molecular flexibility index (Phi) is 6.46. The van der Waals surface area contributed by atoms with Gasteiger partial charge in [-0.25, -0.2) is 9.78 Å². The topological polar surface area (TPSA) is 93.1 Å². The maximum atomic E-state index is 13.2. The fourth-order valence-corrected chi connectivity index (χ4v) is 3.54. The number of hydrogen-bond acceptors (Lipinski definition) is 5. The SMILES string of the molecule is C=CCNC(=O)NC(=O)CSc1nc2ccccc2c(=O)n1-c1ccccc1C. The molecule has 0 aliphatic heterocycles. The van der Waals surface area contributed by atoms with E-state index >= 15 is 0 Å². The molecule has 7 nitrogen and oxygen atoms in total. The highest BCUT2D eigenvalue weighted by Crippen LogP contribution is 2.22. The molecule has 0 fully saturated rings. The van der Waals surface area contributed by atoms with E-state index in [0.717, 1.165) is 17.3 Å². The largest absolute Gasteiger partial charge is 0.334 e. The Morgan fingerprint density at radius 3 is 2.66 bits per heavy atom. The van der Waals surface area contributed by atoms with E-state index in [0.29, 0.717) is 21.7 Å². The lowest BCUT2D eigenvalue weighted by Crippen LogP contribution is -2.40. The zero-order chi connectivity index (χ0) is 20.8. The van der Waals surface area contributed by atoms with Gasteiger partial charge in [-0.3, -0.25) is 19.5 Å². The third-order valence-electron chi connectivity index (χ3n) is 4.09. The van der Waals surface area contributed by atoms with Crippen LogP contribution in [0.1, 0.15) is 5.56 Å². The number of nitrogens with zero attached hydrogens (tertiary/aromatic N) is 2. The molecular formula is C21H20N4O3S. The number of rotatable bonds is 6. The van der Waals surface area contributed by atoms with Crippen LogP contribution < -0.4 is 16.2 Å². The van der Waals surface area contributed by atoms with Gasteiger partial charge in [0.25, 0.3) is 5.56 Å². The highest BCUT2D eigenvalue weighted by molar-refractivity contribution is 7.99. The Hall–Kier alpha value is -3.39. The average molecular weight is 408 g/mol. The summed E-state index contributed by atoms with van der Waals surface area (Å²) >= 11 is 1.09. The van der Waals surface area contributed by atoms with E-state index in [4.69, 9.17) is 0 Å². The fourth-order valence-electron chi connectivity index (χ4n) is 2.74. The highest BCUT2D eigenvalue weighted by Gasteiger charge is 2.16. The van der Waals surface area contributed by atoms with Crippen LogP contribution in [0.4, 0.5) is 4.79 Å². The van der Waals surface area contributed by atoms with Crippen molar-refractivity contribution >= 4 is 34.6 Å². The zero-order valence-corrected chi connectivity index (χ0v) is 16.7. The number of para-hydroxylation sites is 2. The summed E-state index contributed by atoms with van der Waals surface area (Å²) in [6.45, 7) is 5.65. The fraction of sp³-hybridized carbons (Fsp3) is 0.143. The lowest BCUT2D eigenvalue weighted by Gasteiger charge is -2.15. The molecule has 0 saturated carbocycles. The van der Waals surface area contributed by atoms with Gasteiger partial charge in [-0.15, -0.1) is 6.58 Å². The number of benzene rings is 2. The van der Waals surface area contributed by atoms with Crippen LogP contribution in [0.2, 0.25) is 0 Å². The second-order valence-electron chi connectivity index (χ2n) is 6.17. The van der Waals surface area contributed by atoms with Crippen LogP contribution in [0.15, 0.2) is 71.1 Å². The van der Waals surface area contributed by atoms with Crippen molar-refractivity contribution < 1.29 is 9.59 Å². The number of fused-ring (bicyclic) bond motifs is 1. The minimum absolute atomic E-state index is 0.0713. The summed E-state index contributed by atoms with van der Waals surface area (Å²) in [4.78, 5) is 41.5. The standard InChI is InChI=1S/C21H20N4O3S/c1-3-12-22-20(28)24-18(26)13-29-21-23-16-10-6-5-9-15(16)19(27)25(21)17-11-7-4-8-14(17)2/h3-11H,1,12-13H2,2H3,(H2,22,24,26,28). The smallest absolute Gasteiger partial charge is 0.321 e. The van der Waals surface area contributed by atoms with Crippen molar-refractivity contribution in [3.63, 3.8) is 0 Å². The van der Waals surface area contributed by atoms with E-state index in [1.807, 2.05) is 31.2 Å². The third kappa shape index (κ3) is 4.72. The molecule has 0 radical (unpaired) electrons. The normalized spacial score (nSPS) is 10.5. The molecule has 0 spiro atoms. The molecule has 148 valence electrons. The van der Waals surface area contributed by atoms with E-state index < -0.39 is 11.9 Å². The van der Waals surface area contributed by atoms with Gasteiger partial charge in [0.15, 0.2) is 5.16 Å². The van der Waals surface area contributed by atoms with Gasteiger partial charge in [-0.2, -0.15) is 0 Å². The Morgan fingerprint density at radius 2 is 1.90 bits per heavy atom. The lowest BCUT2D eigenvalue weighted by molar-refractivity contribution is -0.117. The monoisotopic (exact) mass is 408 g/mol. The Balaban J connectivity index is 1.94. The molecule has 1 aromatic heterocycles. The van der Waals surface area contributed by atoms with Crippen molar-refractivity contribution in [2.75, 3.05) is 12.3 Å². The van der Waals surface area contributed by atoms with Crippen LogP contribution in [0, 0.1) is 6.92 Å². The van der Waals surface area contributed by atoms with Crippen LogP contribution >= 0.6 is 11.8 Å². The number of aryl methyl sites for hydroxylation is 1. The van der Waals surface area contributed by atoms with Crippen molar-refractivity contribution in [2.24, 2.45) is 0 Å². The van der Waals surface area contributed by atoms with Gasteiger partial charge in [0, 0.05) is 6.54 Å². The third-order valence-corrected chi connectivity index (χ3v) is 5.03. The van der Waals surface area contributed by atoms with Crippen LogP contribution in [0.25, 0.3) is 16.6 Å². The summed E-state index contributed by atoms with van der Waals surface area (Å²) in [5, 5.41) is 5.58. The van der Waals surface area contributed by atoms with Gasteiger partial charge >= 0.3 is 6.03 Å². The van der Waals surface area contributed by atoms with Crippen molar-refractivity contribution in [3.8, 4) is 5.69 Å². The number of carbonyl (C=O) groups is 2. The number of urea groups is 1. The number of nitrogens with one attached hydrogen (secondary N) is 2. The molecule has 0 aliphatic carbocycles. The first-order chi connectivity index (χ1) is 14.0. The quantitative estimate of drug-likeness (QED) is 0.372. The van der Waals surface area contributed by atoms with E-state index in [1.54, 1.807) is 24.3 Å². The van der Waals surface area contributed by atoms with Crippen molar-refractivity contribution in [1.29, 1.82) is 0 Å². The molecule has 0 atom stereocenters. The van der Waals surface area contributed by atoms with Crippen LogP contribution in [0.3, 0.4) is 0 Å². The number of carbonyl (C=O) groups excluding carboxylic acids is 2. The van der Waals surface area contributed by atoms with E-state index in [-0.39, 0.29) is 17.9 Å². The molecular weight excluding hydrogens is 388 g/mol. The van der Waals surface area contributed by atoms with Gasteiger partial charge in [0.1, 0.15) is 0 Å². The highest BCUT2D eigenvalue weighted by atomic mass is 32.2. The maximum absolute atomic E-state index is 13.2. The summed E-state index contributed by atoms with van der Waals surface area (Å²) in [5.41, 5.74) is 1.94. The van der Waals surface area contributed by atoms with Crippen molar-refractivity contribution in [2.45, 2.75) is 12.1 Å². The predicted molar refractivity (Wildman–Crippen MR) is 115 cm³/mol. The summed E-state index contributed by atoms with van der Waals surface area (Å²) in [6, 6.07) is 13.9. The lowest BCUT2D eigenvalue weighted by atomic mass is 10.2. The number of hydrogen-bond donors (Lipinski definition) is 2. The molecule has 2 aromatic carbocycles.